The Hall–Kier alpha value is -1.89. The van der Waals surface area contributed by atoms with Crippen LogP contribution in [0.2, 0.25) is 0 Å². The first-order valence-corrected chi connectivity index (χ1v) is 7.55. The molecule has 0 atom stereocenters. The molecule has 1 aromatic heterocycles. The molecule has 0 bridgehead atoms. The van der Waals surface area contributed by atoms with Crippen LogP contribution in [0.1, 0.15) is 17.5 Å². The molecule has 1 aliphatic rings. The number of amides is 1. The number of carbonyl (C=O) groups excluding carboxylic acids is 1. The second kappa shape index (κ2) is 6.26. The Morgan fingerprint density at radius 2 is 2.38 bits per heavy atom. The molecule has 0 spiro atoms. The molecule has 1 aliphatic heterocycles. The van der Waals surface area contributed by atoms with Crippen LogP contribution in [0.3, 0.4) is 0 Å². The van der Waals surface area contributed by atoms with E-state index < -0.39 is 0 Å². The number of ether oxygens (including phenoxy) is 1. The highest BCUT2D eigenvalue weighted by Gasteiger charge is 2.17. The Balaban J connectivity index is 1.56. The van der Waals surface area contributed by atoms with Crippen molar-refractivity contribution in [2.45, 2.75) is 25.9 Å². The molecule has 1 N–H and O–H groups in total. The third-order valence-electron chi connectivity index (χ3n) is 3.34. The molecule has 2 heterocycles. The fourth-order valence-corrected chi connectivity index (χ4v) is 2.88. The van der Waals surface area contributed by atoms with Gasteiger partial charge in [-0.15, -0.1) is 0 Å². The summed E-state index contributed by atoms with van der Waals surface area (Å²) in [7, 11) is 0. The Kier molecular flexibility index (Phi) is 4.19. The van der Waals surface area contributed by atoms with Gasteiger partial charge in [0.2, 0.25) is 5.91 Å². The van der Waals surface area contributed by atoms with E-state index in [1.165, 1.54) is 11.9 Å². The second-order valence-electron chi connectivity index (χ2n) is 4.84. The summed E-state index contributed by atoms with van der Waals surface area (Å²) in [5, 5.41) is 6.88. The Morgan fingerprint density at radius 3 is 3.19 bits per heavy atom. The number of hydrogen-bond acceptors (Lipinski definition) is 4. The predicted molar refractivity (Wildman–Crippen MR) is 79.8 cm³/mol. The number of aromatic nitrogens is 3. The van der Waals surface area contributed by atoms with E-state index >= 15 is 0 Å². The molecular formula is C14H15BrN4O2. The number of aryl methyl sites for hydroxylation is 1. The van der Waals surface area contributed by atoms with Gasteiger partial charge >= 0.3 is 0 Å². The number of nitrogens with one attached hydrogen (secondary N) is 1. The maximum Gasteiger partial charge on any atom is 0.222 e. The first-order valence-electron chi connectivity index (χ1n) is 6.75. The van der Waals surface area contributed by atoms with Gasteiger partial charge in [0.15, 0.2) is 0 Å². The Labute approximate surface area is 130 Å². The van der Waals surface area contributed by atoms with Crippen molar-refractivity contribution in [3.05, 3.63) is 40.4 Å². The van der Waals surface area contributed by atoms with Crippen LogP contribution in [0.15, 0.2) is 29.3 Å². The molecule has 110 valence electrons. The van der Waals surface area contributed by atoms with Crippen LogP contribution in [0.4, 0.5) is 0 Å². The minimum absolute atomic E-state index is 0.0165. The highest BCUT2D eigenvalue weighted by molar-refractivity contribution is 9.10. The van der Waals surface area contributed by atoms with Crippen LogP contribution < -0.4 is 10.1 Å². The quantitative estimate of drug-likeness (QED) is 0.890. The summed E-state index contributed by atoms with van der Waals surface area (Å²) >= 11 is 3.49. The fraction of sp³-hybridized carbons (Fsp3) is 0.357. The largest absolute Gasteiger partial charge is 0.493 e. The average Bonchev–Trinajstić information content (AvgIpc) is 3.13. The van der Waals surface area contributed by atoms with Crippen LogP contribution in [-0.2, 0) is 24.3 Å². The lowest BCUT2D eigenvalue weighted by molar-refractivity contribution is -0.121. The lowest BCUT2D eigenvalue weighted by Crippen LogP contribution is -2.24. The van der Waals surface area contributed by atoms with E-state index in [0.29, 0.717) is 26.1 Å². The molecule has 21 heavy (non-hydrogen) atoms. The van der Waals surface area contributed by atoms with Crippen LogP contribution in [0.25, 0.3) is 0 Å². The van der Waals surface area contributed by atoms with Crippen molar-refractivity contribution in [2.24, 2.45) is 0 Å². The summed E-state index contributed by atoms with van der Waals surface area (Å²) in [5.41, 5.74) is 2.20. The molecule has 3 rings (SSSR count). The van der Waals surface area contributed by atoms with Gasteiger partial charge in [0, 0.05) is 29.4 Å². The molecule has 2 aromatic rings. The van der Waals surface area contributed by atoms with E-state index in [2.05, 4.69) is 37.4 Å². The summed E-state index contributed by atoms with van der Waals surface area (Å²) in [4.78, 5) is 15.7. The molecule has 7 heteroatoms. The van der Waals surface area contributed by atoms with E-state index in [4.69, 9.17) is 4.74 Å². The molecule has 0 saturated heterocycles. The molecule has 1 aromatic carbocycles. The molecule has 6 nitrogen and oxygen atoms in total. The van der Waals surface area contributed by atoms with Crippen molar-refractivity contribution in [1.29, 1.82) is 0 Å². The summed E-state index contributed by atoms with van der Waals surface area (Å²) in [5.74, 6) is 0.895. The second-order valence-corrected chi connectivity index (χ2v) is 5.75. The van der Waals surface area contributed by atoms with Gasteiger partial charge in [-0.1, -0.05) is 15.9 Å². The van der Waals surface area contributed by atoms with Crippen LogP contribution in [0.5, 0.6) is 5.75 Å². The van der Waals surface area contributed by atoms with Crippen LogP contribution >= 0.6 is 15.9 Å². The number of rotatable bonds is 5. The van der Waals surface area contributed by atoms with Gasteiger partial charge in [0.25, 0.3) is 0 Å². The van der Waals surface area contributed by atoms with E-state index in [-0.39, 0.29) is 5.91 Å². The maximum absolute atomic E-state index is 11.9. The van der Waals surface area contributed by atoms with Gasteiger partial charge in [-0.2, -0.15) is 5.10 Å². The number of carbonyl (C=O) groups is 1. The number of benzene rings is 1. The summed E-state index contributed by atoms with van der Waals surface area (Å²) in [6, 6.07) is 4.06. The molecule has 0 saturated carbocycles. The first kappa shape index (κ1) is 14.1. The molecular weight excluding hydrogens is 336 g/mol. The Bertz CT molecular complexity index is 643. The van der Waals surface area contributed by atoms with Crippen LogP contribution in [-0.4, -0.2) is 27.3 Å². The van der Waals surface area contributed by atoms with Crippen molar-refractivity contribution < 1.29 is 9.53 Å². The lowest BCUT2D eigenvalue weighted by atomic mass is 10.1. The number of halogens is 1. The zero-order valence-corrected chi connectivity index (χ0v) is 13.0. The molecule has 1 amide bonds. The zero-order valence-electron chi connectivity index (χ0n) is 11.4. The van der Waals surface area contributed by atoms with Gasteiger partial charge < -0.3 is 10.1 Å². The predicted octanol–water partition coefficient (Wildman–Crippen LogP) is 1.68. The number of hydrogen-bond donors (Lipinski definition) is 1. The minimum Gasteiger partial charge on any atom is -0.493 e. The highest BCUT2D eigenvalue weighted by atomic mass is 79.9. The molecule has 0 aliphatic carbocycles. The van der Waals surface area contributed by atoms with E-state index in [9.17, 15) is 4.79 Å². The monoisotopic (exact) mass is 350 g/mol. The standard InChI is InChI=1S/C14H15BrN4O2/c15-12-5-10-2-4-21-14(10)11(6-12)7-17-13(20)1-3-19-9-16-8-18-19/h5-6,8-9H,1-4,7H2,(H,17,20). The number of fused-ring (bicyclic) bond motifs is 1. The summed E-state index contributed by atoms with van der Waals surface area (Å²) in [6.45, 7) is 1.70. The first-order chi connectivity index (χ1) is 10.2. The van der Waals surface area contributed by atoms with Crippen LogP contribution in [0, 0.1) is 0 Å². The summed E-state index contributed by atoms with van der Waals surface area (Å²) < 4.78 is 8.29. The molecule has 0 radical (unpaired) electrons. The van der Waals surface area contributed by atoms with Crippen molar-refractivity contribution >= 4 is 21.8 Å². The van der Waals surface area contributed by atoms with E-state index in [1.54, 1.807) is 11.0 Å². The van der Waals surface area contributed by atoms with Gasteiger partial charge in [-0.3, -0.25) is 9.48 Å². The minimum atomic E-state index is -0.0165. The maximum atomic E-state index is 11.9. The normalized spacial score (nSPS) is 12.8. The molecule has 0 fully saturated rings. The van der Waals surface area contributed by atoms with Gasteiger partial charge in [0.1, 0.15) is 18.4 Å². The lowest BCUT2D eigenvalue weighted by Gasteiger charge is -2.10. The smallest absolute Gasteiger partial charge is 0.222 e. The van der Waals surface area contributed by atoms with Crippen molar-refractivity contribution in [3.63, 3.8) is 0 Å². The molecule has 0 unspecified atom stereocenters. The Morgan fingerprint density at radius 1 is 1.48 bits per heavy atom. The fourth-order valence-electron chi connectivity index (χ4n) is 2.32. The van der Waals surface area contributed by atoms with Crippen molar-refractivity contribution in [2.75, 3.05) is 6.61 Å². The SMILES string of the molecule is O=C(CCn1cncn1)NCc1cc(Br)cc2c1OCC2. The topological polar surface area (TPSA) is 69.0 Å². The van der Waals surface area contributed by atoms with Crippen molar-refractivity contribution in [1.82, 2.24) is 20.1 Å². The van der Waals surface area contributed by atoms with Gasteiger partial charge in [-0.25, -0.2) is 4.98 Å². The third kappa shape index (κ3) is 3.41. The van der Waals surface area contributed by atoms with E-state index in [0.717, 1.165) is 22.2 Å². The van der Waals surface area contributed by atoms with E-state index in [1.807, 2.05) is 6.07 Å². The average molecular weight is 351 g/mol. The third-order valence-corrected chi connectivity index (χ3v) is 3.79. The number of nitrogens with zero attached hydrogens (tertiary/aromatic N) is 3. The summed E-state index contributed by atoms with van der Waals surface area (Å²) in [6.07, 6.45) is 4.35. The van der Waals surface area contributed by atoms with Gasteiger partial charge in [-0.05, 0) is 17.7 Å². The van der Waals surface area contributed by atoms with Gasteiger partial charge in [0.05, 0.1) is 13.2 Å². The zero-order chi connectivity index (χ0) is 14.7. The van der Waals surface area contributed by atoms with Crippen molar-refractivity contribution in [3.8, 4) is 5.75 Å². The highest BCUT2D eigenvalue weighted by Crippen LogP contribution is 2.32.